The zero-order chi connectivity index (χ0) is 12.2. The smallest absolute Gasteiger partial charge is 0.321 e. The van der Waals surface area contributed by atoms with Gasteiger partial charge in [0.1, 0.15) is 0 Å². The first kappa shape index (κ1) is 12.9. The molecule has 6 nitrogen and oxygen atoms in total. The van der Waals surface area contributed by atoms with Gasteiger partial charge in [-0.15, -0.1) is 0 Å². The van der Waals surface area contributed by atoms with E-state index in [1.54, 1.807) is 6.92 Å². The van der Waals surface area contributed by atoms with Crippen molar-refractivity contribution >= 4 is 11.9 Å². The van der Waals surface area contributed by atoms with E-state index >= 15 is 0 Å². The Hall–Kier alpha value is -1.14. The van der Waals surface area contributed by atoms with Crippen LogP contribution in [0.5, 0.6) is 0 Å². The molecule has 3 N–H and O–H groups in total. The molecule has 3 amide bonds. The zero-order valence-electron chi connectivity index (χ0n) is 9.92. The summed E-state index contributed by atoms with van der Waals surface area (Å²) in [6.45, 7) is 5.94. The monoisotopic (exact) mass is 229 g/mol. The third kappa shape index (κ3) is 3.46. The SMILES string of the molecule is CNC(=O)NC(=O)C(C)NCC1(C)COC1. The second-order valence-electron chi connectivity index (χ2n) is 4.47. The molecule has 92 valence electrons. The van der Waals surface area contributed by atoms with Gasteiger partial charge >= 0.3 is 6.03 Å². The fourth-order valence-corrected chi connectivity index (χ4v) is 1.33. The summed E-state index contributed by atoms with van der Waals surface area (Å²) >= 11 is 0. The Kier molecular flexibility index (Phi) is 4.26. The molecule has 0 bridgehead atoms. The number of rotatable bonds is 4. The maximum absolute atomic E-state index is 11.5. The molecule has 1 heterocycles. The van der Waals surface area contributed by atoms with Crippen molar-refractivity contribution in [3.63, 3.8) is 0 Å². The molecule has 0 aromatic carbocycles. The zero-order valence-corrected chi connectivity index (χ0v) is 9.92. The Bertz CT molecular complexity index is 276. The lowest BCUT2D eigenvalue weighted by molar-refractivity contribution is -0.123. The van der Waals surface area contributed by atoms with Crippen LogP contribution < -0.4 is 16.0 Å². The lowest BCUT2D eigenvalue weighted by atomic mass is 9.88. The van der Waals surface area contributed by atoms with Crippen LogP contribution in [0, 0.1) is 5.41 Å². The Morgan fingerprint density at radius 2 is 2.06 bits per heavy atom. The molecule has 1 unspecified atom stereocenters. The van der Waals surface area contributed by atoms with Crippen molar-refractivity contribution in [2.75, 3.05) is 26.8 Å². The van der Waals surface area contributed by atoms with Crippen molar-refractivity contribution in [2.24, 2.45) is 5.41 Å². The summed E-state index contributed by atoms with van der Waals surface area (Å²) in [4.78, 5) is 22.4. The fraction of sp³-hybridized carbons (Fsp3) is 0.800. The highest BCUT2D eigenvalue weighted by molar-refractivity contribution is 5.96. The predicted molar refractivity (Wildman–Crippen MR) is 59.0 cm³/mol. The first-order valence-electron chi connectivity index (χ1n) is 5.30. The van der Waals surface area contributed by atoms with Crippen molar-refractivity contribution in [3.8, 4) is 0 Å². The molecule has 1 aliphatic heterocycles. The van der Waals surface area contributed by atoms with Crippen LogP contribution in [0.15, 0.2) is 0 Å². The van der Waals surface area contributed by atoms with E-state index in [9.17, 15) is 9.59 Å². The van der Waals surface area contributed by atoms with Crippen LogP contribution in [0.3, 0.4) is 0 Å². The summed E-state index contributed by atoms with van der Waals surface area (Å²) in [7, 11) is 1.47. The Morgan fingerprint density at radius 1 is 1.44 bits per heavy atom. The Morgan fingerprint density at radius 3 is 2.50 bits per heavy atom. The van der Waals surface area contributed by atoms with E-state index in [1.165, 1.54) is 7.05 Å². The second kappa shape index (κ2) is 5.27. The number of nitrogens with one attached hydrogen (secondary N) is 3. The molecule has 0 aromatic rings. The third-order valence-corrected chi connectivity index (χ3v) is 2.59. The van der Waals surface area contributed by atoms with Gasteiger partial charge in [-0.3, -0.25) is 10.1 Å². The van der Waals surface area contributed by atoms with Gasteiger partial charge in [0.15, 0.2) is 0 Å². The second-order valence-corrected chi connectivity index (χ2v) is 4.47. The third-order valence-electron chi connectivity index (χ3n) is 2.59. The first-order valence-corrected chi connectivity index (χ1v) is 5.30. The van der Waals surface area contributed by atoms with Gasteiger partial charge in [-0.2, -0.15) is 0 Å². The molecule has 0 spiro atoms. The molecular formula is C10H19N3O3. The number of ether oxygens (including phenoxy) is 1. The van der Waals surface area contributed by atoms with E-state index in [4.69, 9.17) is 4.74 Å². The van der Waals surface area contributed by atoms with Crippen molar-refractivity contribution in [1.29, 1.82) is 0 Å². The van der Waals surface area contributed by atoms with Gasteiger partial charge in [0.25, 0.3) is 0 Å². The number of carbonyl (C=O) groups is 2. The fourth-order valence-electron chi connectivity index (χ4n) is 1.33. The lowest BCUT2D eigenvalue weighted by Crippen LogP contribution is -2.53. The maximum atomic E-state index is 11.5. The average Bonchev–Trinajstić information content (AvgIpc) is 2.22. The summed E-state index contributed by atoms with van der Waals surface area (Å²) in [6, 6.07) is -0.883. The summed E-state index contributed by atoms with van der Waals surface area (Å²) in [5.74, 6) is -0.330. The number of hydrogen-bond donors (Lipinski definition) is 3. The first-order chi connectivity index (χ1) is 7.47. The van der Waals surface area contributed by atoms with Crippen LogP contribution in [0.4, 0.5) is 4.79 Å². The molecule has 0 saturated carbocycles. The van der Waals surface area contributed by atoms with Gasteiger partial charge in [-0.1, -0.05) is 6.92 Å². The number of amides is 3. The molecule has 1 fully saturated rings. The minimum Gasteiger partial charge on any atom is -0.380 e. The van der Waals surface area contributed by atoms with E-state index in [0.717, 1.165) is 0 Å². The molecule has 1 saturated heterocycles. The van der Waals surface area contributed by atoms with Crippen LogP contribution in [-0.2, 0) is 9.53 Å². The maximum Gasteiger partial charge on any atom is 0.321 e. The molecule has 0 radical (unpaired) electrons. The van der Waals surface area contributed by atoms with E-state index in [2.05, 4.69) is 22.9 Å². The van der Waals surface area contributed by atoms with Crippen LogP contribution in [0.25, 0.3) is 0 Å². The molecular weight excluding hydrogens is 210 g/mol. The average molecular weight is 229 g/mol. The van der Waals surface area contributed by atoms with E-state index in [0.29, 0.717) is 19.8 Å². The van der Waals surface area contributed by atoms with Crippen molar-refractivity contribution < 1.29 is 14.3 Å². The Balaban J connectivity index is 2.25. The minimum atomic E-state index is -0.489. The number of carbonyl (C=O) groups excluding carboxylic acids is 2. The van der Waals surface area contributed by atoms with Crippen LogP contribution in [-0.4, -0.2) is 44.8 Å². The van der Waals surface area contributed by atoms with Crippen LogP contribution in [0.1, 0.15) is 13.8 Å². The highest BCUT2D eigenvalue weighted by Crippen LogP contribution is 2.25. The van der Waals surface area contributed by atoms with E-state index in [1.807, 2.05) is 0 Å². The van der Waals surface area contributed by atoms with Gasteiger partial charge in [-0.05, 0) is 6.92 Å². The van der Waals surface area contributed by atoms with Gasteiger partial charge < -0.3 is 15.4 Å². The lowest BCUT2D eigenvalue weighted by Gasteiger charge is -2.38. The van der Waals surface area contributed by atoms with Crippen molar-refractivity contribution in [2.45, 2.75) is 19.9 Å². The highest BCUT2D eigenvalue weighted by Gasteiger charge is 2.33. The summed E-state index contributed by atoms with van der Waals surface area (Å²) in [5.41, 5.74) is 0.113. The van der Waals surface area contributed by atoms with Gasteiger partial charge in [0.05, 0.1) is 19.3 Å². The molecule has 0 aliphatic carbocycles. The normalized spacial score (nSPS) is 19.4. The van der Waals surface area contributed by atoms with Crippen LogP contribution in [0.2, 0.25) is 0 Å². The van der Waals surface area contributed by atoms with Crippen molar-refractivity contribution in [3.05, 3.63) is 0 Å². The summed E-state index contributed by atoms with van der Waals surface area (Å²) in [5, 5.41) is 7.63. The molecule has 1 rings (SSSR count). The highest BCUT2D eigenvalue weighted by atomic mass is 16.5. The molecule has 1 aliphatic rings. The van der Waals surface area contributed by atoms with Gasteiger partial charge in [-0.25, -0.2) is 4.79 Å². The number of imide groups is 1. The van der Waals surface area contributed by atoms with Gasteiger partial charge in [0, 0.05) is 19.0 Å². The largest absolute Gasteiger partial charge is 0.380 e. The van der Waals surface area contributed by atoms with E-state index in [-0.39, 0.29) is 11.3 Å². The quantitative estimate of drug-likeness (QED) is 0.604. The standard InChI is InChI=1S/C10H19N3O3/c1-7(8(14)13-9(15)11-3)12-4-10(2)5-16-6-10/h7,12H,4-6H2,1-3H3,(H2,11,13,14,15). The topological polar surface area (TPSA) is 79.5 Å². The number of hydrogen-bond acceptors (Lipinski definition) is 4. The number of urea groups is 1. The van der Waals surface area contributed by atoms with Crippen molar-refractivity contribution in [1.82, 2.24) is 16.0 Å². The summed E-state index contributed by atoms with van der Waals surface area (Å²) in [6.07, 6.45) is 0. The Labute approximate surface area is 95.1 Å². The van der Waals surface area contributed by atoms with Crippen LogP contribution >= 0.6 is 0 Å². The molecule has 0 aromatic heterocycles. The molecule has 16 heavy (non-hydrogen) atoms. The minimum absolute atomic E-state index is 0.113. The summed E-state index contributed by atoms with van der Waals surface area (Å²) < 4.78 is 5.11. The molecule has 6 heteroatoms. The van der Waals surface area contributed by atoms with Gasteiger partial charge in [0.2, 0.25) is 5.91 Å². The predicted octanol–water partition coefficient (Wildman–Crippen LogP) is -0.543. The van der Waals surface area contributed by atoms with E-state index < -0.39 is 12.1 Å². The molecule has 1 atom stereocenters.